The topological polar surface area (TPSA) is 54.4 Å². The zero-order valence-electron chi connectivity index (χ0n) is 15.0. The zero-order valence-corrected chi connectivity index (χ0v) is 15.0. The molecule has 7 heteroatoms. The minimum Gasteiger partial charge on any atom is -0.373 e. The van der Waals surface area contributed by atoms with Crippen LogP contribution in [0.2, 0.25) is 0 Å². The maximum atomic E-state index is 13.0. The van der Waals surface area contributed by atoms with Gasteiger partial charge in [-0.2, -0.15) is 0 Å². The smallest absolute Gasteiger partial charge is 0.225 e. The van der Waals surface area contributed by atoms with E-state index in [4.69, 9.17) is 4.74 Å². The zero-order chi connectivity index (χ0) is 18.0. The predicted molar refractivity (Wildman–Crippen MR) is 96.2 cm³/mol. The minimum atomic E-state index is -0.401. The van der Waals surface area contributed by atoms with Gasteiger partial charge in [-0.25, -0.2) is 14.4 Å². The highest BCUT2D eigenvalue weighted by Gasteiger charge is 2.44. The number of hydrogen-bond donors (Lipinski definition) is 0. The molecule has 4 heterocycles. The number of rotatable bonds is 4. The van der Waals surface area contributed by atoms with Crippen molar-refractivity contribution in [1.29, 1.82) is 0 Å². The lowest BCUT2D eigenvalue weighted by Crippen LogP contribution is -2.45. The van der Waals surface area contributed by atoms with E-state index >= 15 is 0 Å². The molecule has 0 aromatic carbocycles. The van der Waals surface area contributed by atoms with Gasteiger partial charge >= 0.3 is 0 Å². The summed E-state index contributed by atoms with van der Waals surface area (Å²) in [5.41, 5.74) is 1.22. The van der Waals surface area contributed by atoms with E-state index in [0.717, 1.165) is 45.5 Å². The molecule has 1 atom stereocenters. The Bertz CT molecular complexity index is 718. The van der Waals surface area contributed by atoms with Crippen molar-refractivity contribution in [1.82, 2.24) is 19.9 Å². The van der Waals surface area contributed by atoms with Crippen LogP contribution in [0.4, 0.5) is 10.3 Å². The van der Waals surface area contributed by atoms with Crippen LogP contribution in [0.1, 0.15) is 24.8 Å². The van der Waals surface area contributed by atoms with Crippen molar-refractivity contribution >= 4 is 5.95 Å². The molecule has 6 nitrogen and oxygen atoms in total. The van der Waals surface area contributed by atoms with Crippen LogP contribution in [0.3, 0.4) is 0 Å². The first-order valence-electron chi connectivity index (χ1n) is 9.09. The summed E-state index contributed by atoms with van der Waals surface area (Å²) >= 11 is 0. The van der Waals surface area contributed by atoms with Crippen molar-refractivity contribution in [3.8, 4) is 0 Å². The number of likely N-dealkylation sites (N-methyl/N-ethyl adjacent to an activating group) is 1. The van der Waals surface area contributed by atoms with Crippen molar-refractivity contribution < 1.29 is 9.13 Å². The Labute approximate surface area is 153 Å². The van der Waals surface area contributed by atoms with Crippen LogP contribution in [-0.2, 0) is 11.3 Å². The molecule has 0 N–H and O–H groups in total. The molecular weight excluding hydrogens is 333 g/mol. The number of ether oxygens (including phenoxy) is 1. The van der Waals surface area contributed by atoms with Gasteiger partial charge in [0, 0.05) is 38.1 Å². The molecule has 0 unspecified atom stereocenters. The normalized spacial score (nSPS) is 22.3. The fourth-order valence-electron chi connectivity index (χ4n) is 3.94. The van der Waals surface area contributed by atoms with Gasteiger partial charge in [0.2, 0.25) is 5.95 Å². The van der Waals surface area contributed by atoms with E-state index in [1.165, 1.54) is 18.0 Å². The van der Waals surface area contributed by atoms with Crippen molar-refractivity contribution in [3.05, 3.63) is 48.3 Å². The Balaban J connectivity index is 1.33. The molecule has 26 heavy (non-hydrogen) atoms. The number of halogens is 1. The molecule has 0 bridgehead atoms. The van der Waals surface area contributed by atoms with Gasteiger partial charge < -0.3 is 9.64 Å². The van der Waals surface area contributed by atoms with E-state index in [2.05, 4.69) is 43.9 Å². The molecule has 2 fully saturated rings. The molecule has 0 saturated carbocycles. The van der Waals surface area contributed by atoms with Crippen molar-refractivity contribution in [3.63, 3.8) is 0 Å². The summed E-state index contributed by atoms with van der Waals surface area (Å²) in [7, 11) is 2.16. The van der Waals surface area contributed by atoms with Gasteiger partial charge in [0.25, 0.3) is 0 Å². The quantitative estimate of drug-likeness (QED) is 0.837. The number of anilines is 1. The van der Waals surface area contributed by atoms with Gasteiger partial charge in [-0.1, -0.05) is 0 Å². The van der Waals surface area contributed by atoms with E-state index in [0.29, 0.717) is 12.0 Å². The van der Waals surface area contributed by atoms with Crippen LogP contribution in [0.25, 0.3) is 0 Å². The summed E-state index contributed by atoms with van der Waals surface area (Å²) in [6, 6.07) is 4.55. The lowest BCUT2D eigenvalue weighted by Gasteiger charge is -2.38. The van der Waals surface area contributed by atoms with E-state index in [1.54, 1.807) is 0 Å². The van der Waals surface area contributed by atoms with Gasteiger partial charge in [-0.3, -0.25) is 9.88 Å². The lowest BCUT2D eigenvalue weighted by atomic mass is 9.87. The second kappa shape index (κ2) is 7.25. The molecule has 2 saturated heterocycles. The van der Waals surface area contributed by atoms with Crippen LogP contribution in [0, 0.1) is 5.82 Å². The molecule has 2 aromatic heterocycles. The highest BCUT2D eigenvalue weighted by molar-refractivity contribution is 5.30. The first-order valence-corrected chi connectivity index (χ1v) is 9.09. The van der Waals surface area contributed by atoms with Gasteiger partial charge in [0.05, 0.1) is 24.6 Å². The number of piperidine rings is 1. The van der Waals surface area contributed by atoms with Crippen LogP contribution >= 0.6 is 0 Å². The van der Waals surface area contributed by atoms with Gasteiger partial charge in [-0.05, 0) is 44.0 Å². The Morgan fingerprint density at radius 1 is 1.23 bits per heavy atom. The number of pyridine rings is 1. The predicted octanol–water partition coefficient (Wildman–Crippen LogP) is 2.27. The van der Waals surface area contributed by atoms with Gasteiger partial charge in [0.15, 0.2) is 5.82 Å². The summed E-state index contributed by atoms with van der Waals surface area (Å²) in [6.45, 7) is 3.36. The summed E-state index contributed by atoms with van der Waals surface area (Å²) in [4.78, 5) is 16.7. The highest BCUT2D eigenvalue weighted by atomic mass is 19.1. The van der Waals surface area contributed by atoms with Gasteiger partial charge in [-0.15, -0.1) is 0 Å². The summed E-state index contributed by atoms with van der Waals surface area (Å²) in [5.74, 6) is 0.201. The van der Waals surface area contributed by atoms with Crippen molar-refractivity contribution in [2.75, 3.05) is 31.6 Å². The maximum Gasteiger partial charge on any atom is 0.225 e. The number of nitrogens with zero attached hydrogens (tertiary/aromatic N) is 5. The Morgan fingerprint density at radius 3 is 2.62 bits per heavy atom. The SMILES string of the molecule is CN(Cc1ccncc1)[C@H]1COC2(CCN(c3ncc(F)cn3)CC2)C1. The Hall–Kier alpha value is -2.12. The molecule has 2 aliphatic heterocycles. The van der Waals surface area contributed by atoms with E-state index < -0.39 is 5.82 Å². The third-order valence-corrected chi connectivity index (χ3v) is 5.56. The van der Waals surface area contributed by atoms with E-state index in [1.807, 2.05) is 12.4 Å². The molecular formula is C19H24FN5O. The molecule has 0 aliphatic carbocycles. The first kappa shape index (κ1) is 17.3. The summed E-state index contributed by atoms with van der Waals surface area (Å²) in [5, 5.41) is 0. The molecule has 2 aliphatic rings. The average molecular weight is 357 g/mol. The van der Waals surface area contributed by atoms with Crippen molar-refractivity contribution in [2.24, 2.45) is 0 Å². The highest BCUT2D eigenvalue weighted by Crippen LogP contribution is 2.38. The van der Waals surface area contributed by atoms with Crippen LogP contribution in [0.5, 0.6) is 0 Å². The molecule has 2 aromatic rings. The number of aromatic nitrogens is 3. The molecule has 0 radical (unpaired) electrons. The monoisotopic (exact) mass is 357 g/mol. The molecule has 1 spiro atoms. The Morgan fingerprint density at radius 2 is 1.92 bits per heavy atom. The van der Waals surface area contributed by atoms with Crippen LogP contribution in [-0.4, -0.2) is 58.2 Å². The second-order valence-electron chi connectivity index (χ2n) is 7.31. The fraction of sp³-hybridized carbons (Fsp3) is 0.526. The lowest BCUT2D eigenvalue weighted by molar-refractivity contribution is -0.0159. The standard InChI is InChI=1S/C19H24FN5O/c1-24(13-15-2-6-21-7-3-15)17-10-19(26-14-17)4-8-25(9-5-19)18-22-11-16(20)12-23-18/h2-3,6-7,11-12,17H,4-5,8-10,13-14H2,1H3/t17-/m1/s1. The number of hydrogen-bond acceptors (Lipinski definition) is 6. The first-order chi connectivity index (χ1) is 12.6. The summed E-state index contributed by atoms with van der Waals surface area (Å²) in [6.07, 6.45) is 9.07. The van der Waals surface area contributed by atoms with Gasteiger partial charge in [0.1, 0.15) is 0 Å². The minimum absolute atomic E-state index is 0.0479. The summed E-state index contributed by atoms with van der Waals surface area (Å²) < 4.78 is 19.3. The second-order valence-corrected chi connectivity index (χ2v) is 7.31. The molecule has 138 valence electrons. The fourth-order valence-corrected chi connectivity index (χ4v) is 3.94. The Kier molecular flexibility index (Phi) is 4.82. The largest absolute Gasteiger partial charge is 0.373 e. The average Bonchev–Trinajstić information content (AvgIpc) is 3.08. The molecule has 0 amide bonds. The van der Waals surface area contributed by atoms with E-state index in [-0.39, 0.29) is 5.60 Å². The van der Waals surface area contributed by atoms with Crippen molar-refractivity contribution in [2.45, 2.75) is 37.5 Å². The molecule has 4 rings (SSSR count). The third-order valence-electron chi connectivity index (χ3n) is 5.56. The van der Waals surface area contributed by atoms with E-state index in [9.17, 15) is 4.39 Å². The van der Waals surface area contributed by atoms with Crippen LogP contribution in [0.15, 0.2) is 36.9 Å². The third kappa shape index (κ3) is 3.68. The van der Waals surface area contributed by atoms with Crippen LogP contribution < -0.4 is 4.90 Å². The maximum absolute atomic E-state index is 13.0.